The Morgan fingerprint density at radius 2 is 2.30 bits per heavy atom. The number of aromatic nitrogens is 1. The second kappa shape index (κ2) is 6.05. The highest BCUT2D eigenvalue weighted by molar-refractivity contribution is 5.86. The number of hydrogen-bond donors (Lipinski definition) is 1. The number of methoxy groups -OCH3 is 1. The van der Waals surface area contributed by atoms with E-state index in [2.05, 4.69) is 9.72 Å². The average Bonchev–Trinajstić information content (AvgIpc) is 2.43. The Morgan fingerprint density at radius 3 is 2.80 bits per heavy atom. The summed E-state index contributed by atoms with van der Waals surface area (Å²) in [7, 11) is 3.26. The standard InChI is InChI=1S/C15H20N2O3/c1-17(11-15(19)8-3-9-15)13-6-4-12(10-16-13)5-7-14(18)20-2/h4-7,10,19H,3,8-9,11H2,1-2H3/b7-5+. The van der Waals surface area contributed by atoms with E-state index in [1.165, 1.54) is 13.2 Å². The topological polar surface area (TPSA) is 62.7 Å². The summed E-state index contributed by atoms with van der Waals surface area (Å²) in [6.07, 6.45) is 7.51. The molecule has 0 bridgehead atoms. The van der Waals surface area contributed by atoms with Gasteiger partial charge in [0, 0.05) is 25.9 Å². The zero-order valence-corrected chi connectivity index (χ0v) is 11.9. The van der Waals surface area contributed by atoms with Gasteiger partial charge in [0.25, 0.3) is 0 Å². The van der Waals surface area contributed by atoms with Crippen LogP contribution in [0.1, 0.15) is 24.8 Å². The van der Waals surface area contributed by atoms with Crippen molar-refractivity contribution >= 4 is 17.9 Å². The van der Waals surface area contributed by atoms with Crippen molar-refractivity contribution in [3.8, 4) is 0 Å². The Labute approximate surface area is 118 Å². The van der Waals surface area contributed by atoms with E-state index >= 15 is 0 Å². The molecule has 1 heterocycles. The van der Waals surface area contributed by atoms with E-state index in [1.807, 2.05) is 24.1 Å². The van der Waals surface area contributed by atoms with Gasteiger partial charge in [0.05, 0.1) is 12.7 Å². The summed E-state index contributed by atoms with van der Waals surface area (Å²) in [5, 5.41) is 10.1. The lowest BCUT2D eigenvalue weighted by Crippen LogP contribution is -2.47. The normalized spacial score (nSPS) is 16.8. The van der Waals surface area contributed by atoms with Gasteiger partial charge in [-0.2, -0.15) is 0 Å². The lowest BCUT2D eigenvalue weighted by atomic mass is 9.80. The predicted octanol–water partition coefficient (Wildman–Crippen LogP) is 1.62. The first-order chi connectivity index (χ1) is 9.52. The zero-order chi connectivity index (χ0) is 14.6. The largest absolute Gasteiger partial charge is 0.466 e. The number of carbonyl (C=O) groups excluding carboxylic acids is 1. The van der Waals surface area contributed by atoms with Crippen molar-refractivity contribution in [2.75, 3.05) is 25.6 Å². The van der Waals surface area contributed by atoms with Crippen LogP contribution >= 0.6 is 0 Å². The van der Waals surface area contributed by atoms with Crippen molar-refractivity contribution in [1.29, 1.82) is 0 Å². The molecule has 5 heteroatoms. The summed E-state index contributed by atoms with van der Waals surface area (Å²) < 4.78 is 4.53. The van der Waals surface area contributed by atoms with Crippen LogP contribution in [-0.4, -0.2) is 42.4 Å². The number of rotatable bonds is 5. The monoisotopic (exact) mass is 276 g/mol. The first-order valence-electron chi connectivity index (χ1n) is 6.68. The highest BCUT2D eigenvalue weighted by Crippen LogP contribution is 2.32. The third-order valence-corrected chi connectivity index (χ3v) is 3.59. The molecule has 5 nitrogen and oxygen atoms in total. The molecule has 0 atom stereocenters. The van der Waals surface area contributed by atoms with Gasteiger partial charge in [-0.1, -0.05) is 0 Å². The zero-order valence-electron chi connectivity index (χ0n) is 11.9. The second-order valence-corrected chi connectivity index (χ2v) is 5.24. The van der Waals surface area contributed by atoms with Crippen molar-refractivity contribution < 1.29 is 14.6 Å². The number of likely N-dealkylation sites (N-methyl/N-ethyl adjacent to an activating group) is 1. The minimum atomic E-state index is -0.556. The van der Waals surface area contributed by atoms with Crippen molar-refractivity contribution in [3.63, 3.8) is 0 Å². The van der Waals surface area contributed by atoms with Gasteiger partial charge in [0.15, 0.2) is 0 Å². The molecule has 1 N–H and O–H groups in total. The smallest absolute Gasteiger partial charge is 0.330 e. The summed E-state index contributed by atoms with van der Waals surface area (Å²) in [4.78, 5) is 17.3. The number of hydrogen-bond acceptors (Lipinski definition) is 5. The molecule has 1 saturated carbocycles. The van der Waals surface area contributed by atoms with E-state index in [9.17, 15) is 9.90 Å². The first kappa shape index (κ1) is 14.5. The van der Waals surface area contributed by atoms with Crippen LogP contribution in [0, 0.1) is 0 Å². The molecule has 108 valence electrons. The molecule has 0 saturated heterocycles. The van der Waals surface area contributed by atoms with Crippen LogP contribution in [0.15, 0.2) is 24.4 Å². The Kier molecular flexibility index (Phi) is 4.39. The maximum Gasteiger partial charge on any atom is 0.330 e. The average molecular weight is 276 g/mol. The fourth-order valence-electron chi connectivity index (χ4n) is 2.22. The molecule has 1 aliphatic carbocycles. The molecule has 2 rings (SSSR count). The van der Waals surface area contributed by atoms with E-state index in [4.69, 9.17) is 0 Å². The van der Waals surface area contributed by atoms with Crippen molar-refractivity contribution in [3.05, 3.63) is 30.0 Å². The minimum Gasteiger partial charge on any atom is -0.466 e. The molecular weight excluding hydrogens is 256 g/mol. The Balaban J connectivity index is 1.97. The molecule has 1 aliphatic rings. The number of ether oxygens (including phenoxy) is 1. The number of nitrogens with zero attached hydrogens (tertiary/aromatic N) is 2. The van der Waals surface area contributed by atoms with E-state index in [1.54, 1.807) is 12.3 Å². The molecule has 0 unspecified atom stereocenters. The Bertz CT molecular complexity index is 492. The molecule has 20 heavy (non-hydrogen) atoms. The number of aliphatic hydroxyl groups is 1. The third kappa shape index (κ3) is 3.57. The quantitative estimate of drug-likeness (QED) is 0.654. The maximum absolute atomic E-state index is 11.0. The molecule has 0 spiro atoms. The predicted molar refractivity (Wildman–Crippen MR) is 77.4 cm³/mol. The van der Waals surface area contributed by atoms with Crippen LogP contribution in [0.3, 0.4) is 0 Å². The number of carbonyl (C=O) groups is 1. The summed E-state index contributed by atoms with van der Waals surface area (Å²) in [5.74, 6) is 0.416. The van der Waals surface area contributed by atoms with Gasteiger partial charge in [0.1, 0.15) is 5.82 Å². The van der Waals surface area contributed by atoms with Crippen LogP contribution in [0.2, 0.25) is 0 Å². The number of esters is 1. The first-order valence-corrected chi connectivity index (χ1v) is 6.68. The van der Waals surface area contributed by atoms with Crippen LogP contribution in [-0.2, 0) is 9.53 Å². The minimum absolute atomic E-state index is 0.390. The van der Waals surface area contributed by atoms with Crippen molar-refractivity contribution in [2.45, 2.75) is 24.9 Å². The number of anilines is 1. The molecule has 0 radical (unpaired) electrons. The van der Waals surface area contributed by atoms with Gasteiger partial charge < -0.3 is 14.7 Å². The van der Waals surface area contributed by atoms with Gasteiger partial charge in [0.2, 0.25) is 0 Å². The molecule has 0 amide bonds. The number of pyridine rings is 1. The fraction of sp³-hybridized carbons (Fsp3) is 0.467. The highest BCUT2D eigenvalue weighted by Gasteiger charge is 2.35. The van der Waals surface area contributed by atoms with Crippen molar-refractivity contribution in [2.24, 2.45) is 0 Å². The van der Waals surface area contributed by atoms with E-state index in [0.717, 1.165) is 30.6 Å². The van der Waals surface area contributed by atoms with E-state index < -0.39 is 11.6 Å². The molecular formula is C15H20N2O3. The van der Waals surface area contributed by atoms with Crippen LogP contribution in [0.25, 0.3) is 6.08 Å². The van der Waals surface area contributed by atoms with Crippen LogP contribution in [0.4, 0.5) is 5.82 Å². The van der Waals surface area contributed by atoms with Gasteiger partial charge in [-0.3, -0.25) is 0 Å². The second-order valence-electron chi connectivity index (χ2n) is 5.24. The fourth-order valence-corrected chi connectivity index (χ4v) is 2.22. The lowest BCUT2D eigenvalue weighted by molar-refractivity contribution is -0.134. The van der Waals surface area contributed by atoms with Gasteiger partial charge in [-0.05, 0) is 43.0 Å². The van der Waals surface area contributed by atoms with Crippen LogP contribution < -0.4 is 4.90 Å². The Morgan fingerprint density at radius 1 is 1.55 bits per heavy atom. The maximum atomic E-state index is 11.0. The summed E-state index contributed by atoms with van der Waals surface area (Å²) >= 11 is 0. The third-order valence-electron chi connectivity index (χ3n) is 3.59. The molecule has 1 aromatic rings. The summed E-state index contributed by atoms with van der Waals surface area (Å²) in [6, 6.07) is 3.75. The summed E-state index contributed by atoms with van der Waals surface area (Å²) in [6.45, 7) is 0.595. The Hall–Kier alpha value is -1.88. The molecule has 1 fully saturated rings. The molecule has 0 aliphatic heterocycles. The van der Waals surface area contributed by atoms with E-state index in [0.29, 0.717) is 6.54 Å². The van der Waals surface area contributed by atoms with Gasteiger partial charge in [-0.25, -0.2) is 9.78 Å². The van der Waals surface area contributed by atoms with Crippen molar-refractivity contribution in [1.82, 2.24) is 4.98 Å². The van der Waals surface area contributed by atoms with Gasteiger partial charge >= 0.3 is 5.97 Å². The highest BCUT2D eigenvalue weighted by atomic mass is 16.5. The van der Waals surface area contributed by atoms with Gasteiger partial charge in [-0.15, -0.1) is 0 Å². The van der Waals surface area contributed by atoms with Crippen LogP contribution in [0.5, 0.6) is 0 Å². The molecule has 1 aromatic heterocycles. The molecule has 0 aromatic carbocycles. The lowest BCUT2D eigenvalue weighted by Gasteiger charge is -2.39. The van der Waals surface area contributed by atoms with E-state index in [-0.39, 0.29) is 0 Å². The summed E-state index contributed by atoms with van der Waals surface area (Å²) in [5.41, 5.74) is 0.273. The SMILES string of the molecule is COC(=O)/C=C/c1ccc(N(C)CC2(O)CCC2)nc1.